The third-order valence-corrected chi connectivity index (χ3v) is 5.71. The quantitative estimate of drug-likeness (QED) is 0.413. The first-order valence-corrected chi connectivity index (χ1v) is 10.8. The summed E-state index contributed by atoms with van der Waals surface area (Å²) in [6, 6.07) is 18.8. The molecule has 3 heteroatoms. The van der Waals surface area contributed by atoms with Gasteiger partial charge in [-0.25, -0.2) is 0 Å². The zero-order chi connectivity index (χ0) is 20.6. The fourth-order valence-corrected chi connectivity index (χ4v) is 4.01. The van der Waals surface area contributed by atoms with Gasteiger partial charge in [0.25, 0.3) is 0 Å². The van der Waals surface area contributed by atoms with Crippen molar-refractivity contribution in [2.24, 2.45) is 0 Å². The van der Waals surface area contributed by atoms with Gasteiger partial charge in [-0.1, -0.05) is 42.5 Å². The maximum Gasteiger partial charge on any atom is 0.161 e. The number of pyridine rings is 1. The lowest BCUT2D eigenvalue weighted by molar-refractivity contribution is 0.200. The van der Waals surface area contributed by atoms with E-state index >= 15 is 0 Å². The summed E-state index contributed by atoms with van der Waals surface area (Å²) in [5.41, 5.74) is 4.91. The van der Waals surface area contributed by atoms with Crippen molar-refractivity contribution in [2.75, 3.05) is 7.11 Å². The first-order valence-electron chi connectivity index (χ1n) is 10.8. The Morgan fingerprint density at radius 2 is 1.67 bits per heavy atom. The summed E-state index contributed by atoms with van der Waals surface area (Å²) in [6.07, 6.45) is 15.0. The van der Waals surface area contributed by atoms with Gasteiger partial charge in [-0.2, -0.15) is 0 Å². The maximum absolute atomic E-state index is 6.35. The number of hydrogen-bond donors (Lipinski definition) is 0. The van der Waals surface area contributed by atoms with Crippen LogP contribution in [-0.4, -0.2) is 18.2 Å². The van der Waals surface area contributed by atoms with Crippen molar-refractivity contribution < 1.29 is 9.47 Å². The van der Waals surface area contributed by atoms with Gasteiger partial charge in [-0.3, -0.25) is 4.98 Å². The predicted octanol–water partition coefficient (Wildman–Crippen LogP) is 6.37. The van der Waals surface area contributed by atoms with Crippen LogP contribution in [-0.2, 0) is 12.8 Å². The zero-order valence-electron chi connectivity index (χ0n) is 17.6. The Kier molecular flexibility index (Phi) is 6.81. The molecule has 0 aliphatic heterocycles. The van der Waals surface area contributed by atoms with Gasteiger partial charge >= 0.3 is 0 Å². The molecule has 4 rings (SSSR count). The van der Waals surface area contributed by atoms with Crippen LogP contribution in [0.5, 0.6) is 11.5 Å². The smallest absolute Gasteiger partial charge is 0.161 e. The average Bonchev–Trinajstić information content (AvgIpc) is 3.31. The van der Waals surface area contributed by atoms with E-state index < -0.39 is 0 Å². The summed E-state index contributed by atoms with van der Waals surface area (Å²) >= 11 is 0. The molecule has 0 atom stereocenters. The topological polar surface area (TPSA) is 31.4 Å². The summed E-state index contributed by atoms with van der Waals surface area (Å²) < 4.78 is 12.0. The normalized spacial score (nSPS) is 14.3. The maximum atomic E-state index is 6.35. The molecule has 1 heterocycles. The number of benzene rings is 2. The molecule has 3 nitrogen and oxygen atoms in total. The van der Waals surface area contributed by atoms with E-state index in [0.717, 1.165) is 37.2 Å². The van der Waals surface area contributed by atoms with E-state index in [1.165, 1.54) is 35.1 Å². The van der Waals surface area contributed by atoms with Gasteiger partial charge in [0, 0.05) is 12.4 Å². The third kappa shape index (κ3) is 5.29. The van der Waals surface area contributed by atoms with Gasteiger partial charge in [-0.15, -0.1) is 0 Å². The second-order valence-electron chi connectivity index (χ2n) is 7.83. The highest BCUT2D eigenvalue weighted by Crippen LogP contribution is 2.35. The Balaban J connectivity index is 1.63. The van der Waals surface area contributed by atoms with Crippen LogP contribution in [0.3, 0.4) is 0 Å². The van der Waals surface area contributed by atoms with Crippen molar-refractivity contribution in [1.82, 2.24) is 4.98 Å². The first kappa shape index (κ1) is 20.2. The van der Waals surface area contributed by atoms with Gasteiger partial charge in [0.2, 0.25) is 0 Å². The van der Waals surface area contributed by atoms with E-state index in [1.807, 2.05) is 18.5 Å². The average molecular weight is 400 g/mol. The molecule has 2 aromatic carbocycles. The summed E-state index contributed by atoms with van der Waals surface area (Å²) in [5, 5.41) is 0. The van der Waals surface area contributed by atoms with Crippen molar-refractivity contribution in [1.29, 1.82) is 0 Å². The lowest BCUT2D eigenvalue weighted by atomic mass is 9.98. The lowest BCUT2D eigenvalue weighted by Crippen LogP contribution is -2.12. The van der Waals surface area contributed by atoms with Crippen LogP contribution in [0.15, 0.2) is 67.0 Å². The molecule has 1 fully saturated rings. The van der Waals surface area contributed by atoms with E-state index in [-0.39, 0.29) is 0 Å². The highest BCUT2D eigenvalue weighted by Gasteiger charge is 2.19. The second-order valence-corrected chi connectivity index (χ2v) is 7.83. The Labute approximate surface area is 179 Å². The molecule has 0 N–H and O–H groups in total. The minimum absolute atomic E-state index is 0.303. The van der Waals surface area contributed by atoms with Crippen LogP contribution in [0.2, 0.25) is 0 Å². The van der Waals surface area contributed by atoms with Crippen molar-refractivity contribution in [2.45, 2.75) is 44.6 Å². The van der Waals surface area contributed by atoms with Gasteiger partial charge in [0.1, 0.15) is 0 Å². The van der Waals surface area contributed by atoms with Crippen molar-refractivity contribution in [3.05, 3.63) is 89.2 Å². The minimum atomic E-state index is 0.303. The number of ether oxygens (including phenoxy) is 2. The van der Waals surface area contributed by atoms with Crippen molar-refractivity contribution >= 4 is 12.2 Å². The fraction of sp³-hybridized carbons (Fsp3) is 0.296. The fourth-order valence-electron chi connectivity index (χ4n) is 4.01. The highest BCUT2D eigenvalue weighted by atomic mass is 16.5. The molecule has 0 unspecified atom stereocenters. The first-order chi connectivity index (χ1) is 14.8. The predicted molar refractivity (Wildman–Crippen MR) is 123 cm³/mol. The van der Waals surface area contributed by atoms with Gasteiger partial charge in [-0.05, 0) is 85.0 Å². The molecule has 0 spiro atoms. The molecule has 1 aliphatic rings. The number of nitrogens with zero attached hydrogens (tertiary/aromatic N) is 1. The zero-order valence-corrected chi connectivity index (χ0v) is 17.6. The molecular formula is C27H29NO2. The van der Waals surface area contributed by atoms with E-state index in [0.29, 0.717) is 6.10 Å². The van der Waals surface area contributed by atoms with Gasteiger partial charge in [0.15, 0.2) is 11.5 Å². The lowest BCUT2D eigenvalue weighted by Gasteiger charge is -2.18. The van der Waals surface area contributed by atoms with Gasteiger partial charge in [0.05, 0.1) is 13.2 Å². The standard InChI is InChI=1S/C27H29NO2/c1-29-26-19-23(13-11-21-7-3-2-4-8-21)24(14-12-22-15-17-28-18-16-22)20-27(26)30-25-9-5-6-10-25/h2-4,7-8,11,13,15-20,25H,5-6,9-10,12,14H2,1H3. The third-order valence-electron chi connectivity index (χ3n) is 5.71. The van der Waals surface area contributed by atoms with Crippen molar-refractivity contribution in [3.8, 4) is 11.5 Å². The van der Waals surface area contributed by atoms with E-state index in [4.69, 9.17) is 9.47 Å². The molecular weight excluding hydrogens is 370 g/mol. The molecule has 0 amide bonds. The molecule has 30 heavy (non-hydrogen) atoms. The molecule has 0 saturated heterocycles. The Morgan fingerprint density at radius 1 is 0.900 bits per heavy atom. The van der Waals surface area contributed by atoms with Crippen LogP contribution in [0.1, 0.15) is 47.9 Å². The molecule has 0 radical (unpaired) electrons. The van der Waals surface area contributed by atoms with E-state index in [1.54, 1.807) is 7.11 Å². The van der Waals surface area contributed by atoms with Crippen LogP contribution in [0.25, 0.3) is 12.2 Å². The largest absolute Gasteiger partial charge is 0.493 e. The Morgan fingerprint density at radius 3 is 2.40 bits per heavy atom. The van der Waals surface area contributed by atoms with E-state index in [9.17, 15) is 0 Å². The van der Waals surface area contributed by atoms with Crippen molar-refractivity contribution in [3.63, 3.8) is 0 Å². The molecule has 154 valence electrons. The monoisotopic (exact) mass is 399 g/mol. The Hall–Kier alpha value is -3.07. The van der Waals surface area contributed by atoms with Gasteiger partial charge < -0.3 is 9.47 Å². The van der Waals surface area contributed by atoms with Crippen LogP contribution < -0.4 is 9.47 Å². The number of methoxy groups -OCH3 is 1. The van der Waals surface area contributed by atoms with Crippen LogP contribution in [0.4, 0.5) is 0 Å². The van der Waals surface area contributed by atoms with Crippen LogP contribution in [0, 0.1) is 0 Å². The SMILES string of the molecule is COc1cc(C=Cc2ccccc2)c(CCc2ccncc2)cc1OC1CCCC1. The molecule has 1 aromatic heterocycles. The highest BCUT2D eigenvalue weighted by molar-refractivity contribution is 5.73. The molecule has 3 aromatic rings. The summed E-state index contributed by atoms with van der Waals surface area (Å²) in [4.78, 5) is 4.13. The number of rotatable bonds is 8. The summed E-state index contributed by atoms with van der Waals surface area (Å²) in [6.45, 7) is 0. The molecule has 1 saturated carbocycles. The second kappa shape index (κ2) is 10.1. The van der Waals surface area contributed by atoms with Crippen LogP contribution >= 0.6 is 0 Å². The number of aromatic nitrogens is 1. The Bertz CT molecular complexity index is 961. The molecule has 1 aliphatic carbocycles. The summed E-state index contributed by atoms with van der Waals surface area (Å²) in [7, 11) is 1.72. The summed E-state index contributed by atoms with van der Waals surface area (Å²) in [5.74, 6) is 1.67. The number of hydrogen-bond acceptors (Lipinski definition) is 3. The van der Waals surface area contributed by atoms with E-state index in [2.05, 4.69) is 65.7 Å². The minimum Gasteiger partial charge on any atom is -0.493 e. The number of aryl methyl sites for hydroxylation is 2. The molecule has 0 bridgehead atoms.